The maximum Gasteiger partial charge on any atom is 0.231 e. The minimum atomic E-state index is -0.536. The number of fused-ring (bicyclic) bond motifs is 1. The Morgan fingerprint density at radius 2 is 2.33 bits per heavy atom. The number of nitrogens with one attached hydrogen (secondary N) is 3. The zero-order valence-electron chi connectivity index (χ0n) is 6.50. The van der Waals surface area contributed by atoms with E-state index < -0.39 is 5.62 Å². The summed E-state index contributed by atoms with van der Waals surface area (Å²) in [4.78, 5) is 16.4. The standard InChI is InChI=1S/C6H10ClN3O2/c1-2-3-4(11)8-6(7)9-5(3)12-10-2/h2-3,5-6,9-10H,1H3,(H,8,11). The van der Waals surface area contributed by atoms with Gasteiger partial charge < -0.3 is 5.32 Å². The Morgan fingerprint density at radius 1 is 1.58 bits per heavy atom. The van der Waals surface area contributed by atoms with Gasteiger partial charge in [-0.3, -0.25) is 14.9 Å². The molecule has 2 aliphatic rings. The summed E-state index contributed by atoms with van der Waals surface area (Å²) in [7, 11) is 0. The molecule has 2 heterocycles. The van der Waals surface area contributed by atoms with E-state index in [-0.39, 0.29) is 24.1 Å². The lowest BCUT2D eigenvalue weighted by Gasteiger charge is -2.29. The first-order valence-corrected chi connectivity index (χ1v) is 4.24. The molecule has 0 bridgehead atoms. The molecule has 12 heavy (non-hydrogen) atoms. The Bertz CT molecular complexity index is 213. The van der Waals surface area contributed by atoms with E-state index in [2.05, 4.69) is 16.1 Å². The quantitative estimate of drug-likeness (QED) is 0.343. The van der Waals surface area contributed by atoms with Crippen LogP contribution < -0.4 is 16.1 Å². The first-order chi connectivity index (χ1) is 5.68. The van der Waals surface area contributed by atoms with Crippen LogP contribution in [-0.2, 0) is 9.63 Å². The number of hydrogen-bond acceptors (Lipinski definition) is 4. The van der Waals surface area contributed by atoms with Crippen LogP contribution in [0.4, 0.5) is 0 Å². The Balaban J connectivity index is 2.14. The molecule has 3 N–H and O–H groups in total. The molecule has 68 valence electrons. The van der Waals surface area contributed by atoms with Crippen LogP contribution in [0.1, 0.15) is 6.92 Å². The van der Waals surface area contributed by atoms with Gasteiger partial charge in [-0.2, -0.15) is 5.48 Å². The SMILES string of the molecule is CC1NOC2NC(Cl)NC(=O)C12. The molecule has 0 spiro atoms. The van der Waals surface area contributed by atoms with Gasteiger partial charge in [0.2, 0.25) is 5.91 Å². The summed E-state index contributed by atoms with van der Waals surface area (Å²) in [6, 6.07) is 0.0201. The Kier molecular flexibility index (Phi) is 1.96. The van der Waals surface area contributed by atoms with Crippen molar-refractivity contribution in [1.82, 2.24) is 16.1 Å². The van der Waals surface area contributed by atoms with Crippen molar-refractivity contribution >= 4 is 17.5 Å². The lowest BCUT2D eigenvalue weighted by molar-refractivity contribution is -0.131. The molecule has 0 aromatic carbocycles. The van der Waals surface area contributed by atoms with Gasteiger partial charge in [-0.1, -0.05) is 11.6 Å². The van der Waals surface area contributed by atoms with Crippen molar-refractivity contribution < 1.29 is 9.63 Å². The number of alkyl halides is 1. The highest BCUT2D eigenvalue weighted by Crippen LogP contribution is 2.21. The second kappa shape index (κ2) is 2.85. The average Bonchev–Trinajstić information content (AvgIpc) is 2.31. The number of carbonyl (C=O) groups excluding carboxylic acids is 1. The fourth-order valence-electron chi connectivity index (χ4n) is 1.50. The summed E-state index contributed by atoms with van der Waals surface area (Å²) < 4.78 is 0. The first kappa shape index (κ1) is 8.25. The van der Waals surface area contributed by atoms with Gasteiger partial charge in [0.15, 0.2) is 5.62 Å². The van der Waals surface area contributed by atoms with Crippen molar-refractivity contribution in [3.05, 3.63) is 0 Å². The molecule has 0 radical (unpaired) electrons. The van der Waals surface area contributed by atoms with E-state index >= 15 is 0 Å². The highest BCUT2D eigenvalue weighted by molar-refractivity contribution is 6.21. The van der Waals surface area contributed by atoms with E-state index in [1.807, 2.05) is 6.92 Å². The van der Waals surface area contributed by atoms with Crippen molar-refractivity contribution in [2.45, 2.75) is 24.8 Å². The number of hydroxylamine groups is 1. The van der Waals surface area contributed by atoms with E-state index in [4.69, 9.17) is 16.4 Å². The normalized spacial score (nSPS) is 47.0. The molecule has 4 unspecified atom stereocenters. The molecule has 6 heteroatoms. The largest absolute Gasteiger partial charge is 0.327 e. The summed E-state index contributed by atoms with van der Waals surface area (Å²) in [6.07, 6.45) is -0.309. The summed E-state index contributed by atoms with van der Waals surface area (Å²) in [5.41, 5.74) is 2.19. The molecule has 5 nitrogen and oxygen atoms in total. The van der Waals surface area contributed by atoms with E-state index in [1.54, 1.807) is 0 Å². The molecule has 0 aliphatic carbocycles. The maximum absolute atomic E-state index is 11.3. The van der Waals surface area contributed by atoms with Gasteiger partial charge in [0.1, 0.15) is 6.23 Å². The fourth-order valence-corrected chi connectivity index (χ4v) is 1.73. The van der Waals surface area contributed by atoms with Crippen molar-refractivity contribution in [2.24, 2.45) is 5.92 Å². The fraction of sp³-hybridized carbons (Fsp3) is 0.833. The van der Waals surface area contributed by atoms with Gasteiger partial charge in [0.05, 0.1) is 5.92 Å². The zero-order chi connectivity index (χ0) is 8.72. The number of halogens is 1. The summed E-state index contributed by atoms with van der Waals surface area (Å²) >= 11 is 5.67. The van der Waals surface area contributed by atoms with Gasteiger partial charge in [0, 0.05) is 6.04 Å². The lowest BCUT2D eigenvalue weighted by Crippen LogP contribution is -2.59. The number of rotatable bonds is 0. The third-order valence-corrected chi connectivity index (χ3v) is 2.36. The molecule has 0 aromatic heterocycles. The third-order valence-electron chi connectivity index (χ3n) is 2.13. The van der Waals surface area contributed by atoms with Crippen molar-refractivity contribution in [1.29, 1.82) is 0 Å². The Labute approximate surface area is 74.7 Å². The van der Waals surface area contributed by atoms with Gasteiger partial charge in [-0.15, -0.1) is 0 Å². The second-order valence-corrected chi connectivity index (χ2v) is 3.45. The smallest absolute Gasteiger partial charge is 0.231 e. The second-order valence-electron chi connectivity index (χ2n) is 3.01. The minimum absolute atomic E-state index is 0.0201. The average molecular weight is 192 g/mol. The van der Waals surface area contributed by atoms with Crippen LogP contribution in [0.5, 0.6) is 0 Å². The van der Waals surface area contributed by atoms with Crippen LogP contribution in [-0.4, -0.2) is 23.8 Å². The van der Waals surface area contributed by atoms with Gasteiger partial charge in [0.25, 0.3) is 0 Å². The molecule has 2 saturated heterocycles. The highest BCUT2D eigenvalue weighted by Gasteiger charge is 2.44. The molecule has 4 atom stereocenters. The molecule has 1 amide bonds. The van der Waals surface area contributed by atoms with E-state index in [0.717, 1.165) is 0 Å². The van der Waals surface area contributed by atoms with Gasteiger partial charge >= 0.3 is 0 Å². The lowest BCUT2D eigenvalue weighted by atomic mass is 9.99. The predicted molar refractivity (Wildman–Crippen MR) is 41.9 cm³/mol. The van der Waals surface area contributed by atoms with Crippen molar-refractivity contribution in [3.63, 3.8) is 0 Å². The summed E-state index contributed by atoms with van der Waals surface area (Å²) in [5, 5.41) is 5.46. The monoisotopic (exact) mass is 191 g/mol. The molecular weight excluding hydrogens is 182 g/mol. The van der Waals surface area contributed by atoms with Crippen molar-refractivity contribution in [3.8, 4) is 0 Å². The molecule has 0 aromatic rings. The minimum Gasteiger partial charge on any atom is -0.327 e. The van der Waals surface area contributed by atoms with E-state index in [1.165, 1.54) is 0 Å². The number of carbonyl (C=O) groups is 1. The van der Waals surface area contributed by atoms with Crippen LogP contribution in [0, 0.1) is 5.92 Å². The third kappa shape index (κ3) is 1.19. The van der Waals surface area contributed by atoms with Crippen LogP contribution in [0.3, 0.4) is 0 Å². The number of amides is 1. The predicted octanol–water partition coefficient (Wildman–Crippen LogP) is -0.906. The summed E-state index contributed by atoms with van der Waals surface area (Å²) in [5.74, 6) is -0.267. The molecule has 2 aliphatic heterocycles. The van der Waals surface area contributed by atoms with Crippen molar-refractivity contribution in [2.75, 3.05) is 0 Å². The molecule has 2 rings (SSSR count). The Morgan fingerprint density at radius 3 is 3.08 bits per heavy atom. The molecule has 2 fully saturated rings. The highest BCUT2D eigenvalue weighted by atomic mass is 35.5. The van der Waals surface area contributed by atoms with E-state index in [0.29, 0.717) is 0 Å². The van der Waals surface area contributed by atoms with Crippen LogP contribution in [0.25, 0.3) is 0 Å². The molecule has 0 saturated carbocycles. The Hall–Kier alpha value is -0.360. The van der Waals surface area contributed by atoms with Crippen LogP contribution in [0.2, 0.25) is 0 Å². The molecular formula is C6H10ClN3O2. The summed E-state index contributed by atoms with van der Waals surface area (Å²) in [6.45, 7) is 1.89. The zero-order valence-corrected chi connectivity index (χ0v) is 7.26. The van der Waals surface area contributed by atoms with Gasteiger partial charge in [-0.05, 0) is 6.92 Å². The maximum atomic E-state index is 11.3. The number of hydrogen-bond donors (Lipinski definition) is 3. The van der Waals surface area contributed by atoms with E-state index in [9.17, 15) is 4.79 Å². The topological polar surface area (TPSA) is 62.4 Å². The van der Waals surface area contributed by atoms with Crippen LogP contribution >= 0.6 is 11.6 Å². The van der Waals surface area contributed by atoms with Gasteiger partial charge in [-0.25, -0.2) is 0 Å². The van der Waals surface area contributed by atoms with Crippen LogP contribution in [0.15, 0.2) is 0 Å². The first-order valence-electron chi connectivity index (χ1n) is 3.80.